The second-order valence-corrected chi connectivity index (χ2v) is 6.57. The zero-order valence-corrected chi connectivity index (χ0v) is 11.5. The summed E-state index contributed by atoms with van der Waals surface area (Å²) >= 11 is 0. The minimum Gasteiger partial charge on any atom is -0.384 e. The molecule has 2 rings (SSSR count). The maximum absolute atomic E-state index is 12.2. The molecule has 1 fully saturated rings. The minimum atomic E-state index is -3.57. The van der Waals surface area contributed by atoms with E-state index in [4.69, 9.17) is 5.11 Å². The molecular weight excluding hydrogens is 264 g/mol. The van der Waals surface area contributed by atoms with Crippen LogP contribution in [-0.4, -0.2) is 30.7 Å². The average Bonchev–Trinajstić information content (AvgIpc) is 2.34. The number of nitrogens with zero attached hydrogens (tertiary/aromatic N) is 1. The maximum Gasteiger partial charge on any atom is 0.242 e. The van der Waals surface area contributed by atoms with Crippen molar-refractivity contribution in [2.45, 2.75) is 36.6 Å². The van der Waals surface area contributed by atoms with Crippen LogP contribution in [0.2, 0.25) is 0 Å². The summed E-state index contributed by atoms with van der Waals surface area (Å²) < 4.78 is 27.1. The number of hydrogen-bond donors (Lipinski definition) is 2. The molecule has 1 saturated carbocycles. The Kier molecular flexibility index (Phi) is 3.90. The molecule has 1 aromatic rings. The summed E-state index contributed by atoms with van der Waals surface area (Å²) in [6.07, 6.45) is 5.51. The number of rotatable bonds is 3. The van der Waals surface area contributed by atoms with Crippen LogP contribution in [-0.2, 0) is 10.0 Å². The van der Waals surface area contributed by atoms with Gasteiger partial charge in [0.15, 0.2) is 0 Å². The van der Waals surface area contributed by atoms with E-state index in [0.717, 1.165) is 19.3 Å². The van der Waals surface area contributed by atoms with Crippen LogP contribution < -0.4 is 4.72 Å². The Morgan fingerprint density at radius 1 is 1.47 bits per heavy atom. The van der Waals surface area contributed by atoms with Gasteiger partial charge in [-0.05, 0) is 32.3 Å². The van der Waals surface area contributed by atoms with Crippen LogP contribution in [0.1, 0.15) is 31.7 Å². The van der Waals surface area contributed by atoms with E-state index >= 15 is 0 Å². The fourth-order valence-electron chi connectivity index (χ4n) is 1.97. The van der Waals surface area contributed by atoms with Crippen molar-refractivity contribution in [3.05, 3.63) is 24.0 Å². The fraction of sp³-hybridized carbons (Fsp3) is 0.462. The molecule has 5 nitrogen and oxygen atoms in total. The molecule has 0 unspecified atom stereocenters. The van der Waals surface area contributed by atoms with Crippen LogP contribution in [0, 0.1) is 11.8 Å². The van der Waals surface area contributed by atoms with Gasteiger partial charge in [-0.15, -0.1) is 0 Å². The molecule has 0 aromatic carbocycles. The SMILES string of the molecule is CC1(NS(=O)(=O)c2cncc(C#CCO)c2)CCC1. The zero-order valence-electron chi connectivity index (χ0n) is 10.7. The molecular formula is C13H16N2O3S. The number of aliphatic hydroxyl groups is 1. The second kappa shape index (κ2) is 5.29. The van der Waals surface area contributed by atoms with Gasteiger partial charge in [0.2, 0.25) is 10.0 Å². The Bertz CT molecular complexity index is 625. The molecule has 0 radical (unpaired) electrons. The van der Waals surface area contributed by atoms with Crippen molar-refractivity contribution in [3.8, 4) is 11.8 Å². The molecule has 0 aliphatic heterocycles. The Morgan fingerprint density at radius 3 is 2.79 bits per heavy atom. The Morgan fingerprint density at radius 2 is 2.21 bits per heavy atom. The van der Waals surface area contributed by atoms with Gasteiger partial charge < -0.3 is 5.11 Å². The van der Waals surface area contributed by atoms with E-state index in [2.05, 4.69) is 21.5 Å². The highest BCUT2D eigenvalue weighted by atomic mass is 32.2. The summed E-state index contributed by atoms with van der Waals surface area (Å²) in [6, 6.07) is 1.46. The predicted octanol–water partition coefficient (Wildman–Crippen LogP) is 0.646. The van der Waals surface area contributed by atoms with Crippen LogP contribution >= 0.6 is 0 Å². The zero-order chi connectivity index (χ0) is 13.9. The molecule has 6 heteroatoms. The van der Waals surface area contributed by atoms with E-state index < -0.39 is 10.0 Å². The summed E-state index contributed by atoms with van der Waals surface area (Å²) in [6.45, 7) is 1.63. The van der Waals surface area contributed by atoms with Gasteiger partial charge in [-0.2, -0.15) is 0 Å². The lowest BCUT2D eigenvalue weighted by Gasteiger charge is -2.38. The van der Waals surface area contributed by atoms with Gasteiger partial charge in [0.1, 0.15) is 11.5 Å². The molecule has 0 saturated heterocycles. The van der Waals surface area contributed by atoms with Gasteiger partial charge in [-0.1, -0.05) is 11.8 Å². The first-order valence-electron chi connectivity index (χ1n) is 6.04. The van der Waals surface area contributed by atoms with E-state index in [1.54, 1.807) is 0 Å². The van der Waals surface area contributed by atoms with Crippen LogP contribution in [0.5, 0.6) is 0 Å². The monoisotopic (exact) mass is 280 g/mol. The van der Waals surface area contributed by atoms with Crippen LogP contribution in [0.15, 0.2) is 23.4 Å². The molecule has 0 bridgehead atoms. The number of hydrogen-bond acceptors (Lipinski definition) is 4. The van der Waals surface area contributed by atoms with Gasteiger partial charge >= 0.3 is 0 Å². The van der Waals surface area contributed by atoms with E-state index in [1.807, 2.05) is 6.92 Å². The molecule has 0 amide bonds. The van der Waals surface area contributed by atoms with Crippen molar-refractivity contribution < 1.29 is 13.5 Å². The quantitative estimate of drug-likeness (QED) is 0.797. The van der Waals surface area contributed by atoms with Crippen molar-refractivity contribution >= 4 is 10.0 Å². The molecule has 1 aliphatic rings. The number of aromatic nitrogens is 1. The topological polar surface area (TPSA) is 79.3 Å². The molecule has 1 heterocycles. The summed E-state index contributed by atoms with van der Waals surface area (Å²) in [4.78, 5) is 3.98. The summed E-state index contributed by atoms with van der Waals surface area (Å²) in [7, 11) is -3.57. The Labute approximate surface area is 113 Å². The van der Waals surface area contributed by atoms with Gasteiger partial charge in [0.25, 0.3) is 0 Å². The van der Waals surface area contributed by atoms with Crippen LogP contribution in [0.25, 0.3) is 0 Å². The molecule has 0 spiro atoms. The third-order valence-corrected chi connectivity index (χ3v) is 4.78. The lowest BCUT2D eigenvalue weighted by molar-refractivity contribution is 0.248. The van der Waals surface area contributed by atoms with Crippen LogP contribution in [0.3, 0.4) is 0 Å². The van der Waals surface area contributed by atoms with E-state index in [0.29, 0.717) is 5.56 Å². The minimum absolute atomic E-state index is 0.102. The van der Waals surface area contributed by atoms with Crippen molar-refractivity contribution in [1.82, 2.24) is 9.71 Å². The molecule has 2 N–H and O–H groups in total. The second-order valence-electron chi connectivity index (χ2n) is 4.89. The van der Waals surface area contributed by atoms with Crippen molar-refractivity contribution in [2.24, 2.45) is 0 Å². The molecule has 19 heavy (non-hydrogen) atoms. The highest BCUT2D eigenvalue weighted by Crippen LogP contribution is 2.32. The van der Waals surface area contributed by atoms with E-state index in [-0.39, 0.29) is 17.0 Å². The van der Waals surface area contributed by atoms with Crippen molar-refractivity contribution in [3.63, 3.8) is 0 Å². The van der Waals surface area contributed by atoms with Crippen molar-refractivity contribution in [2.75, 3.05) is 6.61 Å². The highest BCUT2D eigenvalue weighted by Gasteiger charge is 2.36. The Hall–Kier alpha value is -1.42. The number of sulfonamides is 1. The molecule has 1 aromatic heterocycles. The number of aliphatic hydroxyl groups excluding tert-OH is 1. The maximum atomic E-state index is 12.2. The third kappa shape index (κ3) is 3.32. The highest BCUT2D eigenvalue weighted by molar-refractivity contribution is 7.89. The largest absolute Gasteiger partial charge is 0.384 e. The van der Waals surface area contributed by atoms with Gasteiger partial charge in [-0.25, -0.2) is 13.1 Å². The fourth-order valence-corrected chi connectivity index (χ4v) is 3.42. The lowest BCUT2D eigenvalue weighted by atomic mass is 9.80. The van der Waals surface area contributed by atoms with E-state index in [9.17, 15) is 8.42 Å². The number of pyridine rings is 1. The standard InChI is InChI=1S/C13H16N2O3S/c1-13(5-3-6-13)15-19(17,18)12-8-11(4-2-7-16)9-14-10-12/h8-10,15-16H,3,5-7H2,1H3. The summed E-state index contributed by atoms with van der Waals surface area (Å²) in [5.41, 5.74) is 0.127. The van der Waals surface area contributed by atoms with Gasteiger partial charge in [0, 0.05) is 23.5 Å². The summed E-state index contributed by atoms with van der Waals surface area (Å²) in [5, 5.41) is 8.62. The van der Waals surface area contributed by atoms with Gasteiger partial charge in [0.05, 0.1) is 0 Å². The summed E-state index contributed by atoms with van der Waals surface area (Å²) in [5.74, 6) is 5.11. The van der Waals surface area contributed by atoms with Crippen LogP contribution in [0.4, 0.5) is 0 Å². The molecule has 1 aliphatic carbocycles. The Balaban J connectivity index is 2.25. The van der Waals surface area contributed by atoms with Gasteiger partial charge in [-0.3, -0.25) is 4.98 Å². The third-order valence-electron chi connectivity index (χ3n) is 3.17. The first kappa shape index (κ1) is 14.0. The first-order valence-corrected chi connectivity index (χ1v) is 7.52. The molecule has 102 valence electrons. The normalized spacial score (nSPS) is 17.2. The number of nitrogens with one attached hydrogen (secondary N) is 1. The molecule has 0 atom stereocenters. The average molecular weight is 280 g/mol. The van der Waals surface area contributed by atoms with Crippen molar-refractivity contribution in [1.29, 1.82) is 0 Å². The smallest absolute Gasteiger partial charge is 0.242 e. The first-order chi connectivity index (χ1) is 8.95. The predicted molar refractivity (Wildman–Crippen MR) is 70.8 cm³/mol. The van der Waals surface area contributed by atoms with E-state index in [1.165, 1.54) is 18.5 Å². The lowest BCUT2D eigenvalue weighted by Crippen LogP contribution is -2.50.